The summed E-state index contributed by atoms with van der Waals surface area (Å²) in [5.41, 5.74) is 2.13. The number of carbonyl (C=O) groups is 3. The molecule has 0 spiro atoms. The van der Waals surface area contributed by atoms with E-state index in [0.29, 0.717) is 78.8 Å². The van der Waals surface area contributed by atoms with Crippen LogP contribution >= 0.6 is 0 Å². The Labute approximate surface area is 603 Å². The van der Waals surface area contributed by atoms with Gasteiger partial charge in [0.1, 0.15) is 58.5 Å². The molecular weight excluding hydrogens is 1340 g/mol. The summed E-state index contributed by atoms with van der Waals surface area (Å²) in [4.78, 5) is 40.4. The smallest absolute Gasteiger partial charge is 0.342 e. The topological polar surface area (TPSA) is 210 Å². The first-order valence-electron chi connectivity index (χ1n) is 35.0. The van der Waals surface area contributed by atoms with E-state index >= 15 is 0 Å². The van der Waals surface area contributed by atoms with Crippen molar-refractivity contribution in [3.8, 4) is 23.0 Å². The Balaban J connectivity index is 0.000000430. The summed E-state index contributed by atoms with van der Waals surface area (Å²) >= 11 is 0. The third kappa shape index (κ3) is 28.8. The first kappa shape index (κ1) is 87.1. The lowest BCUT2D eigenvalue weighted by atomic mass is 10.0. The van der Waals surface area contributed by atoms with Gasteiger partial charge in [-0.05, 0) is 142 Å². The van der Waals surface area contributed by atoms with Gasteiger partial charge in [0.25, 0.3) is 0 Å². The van der Waals surface area contributed by atoms with Gasteiger partial charge in [0, 0.05) is 55.7 Å². The van der Waals surface area contributed by atoms with Crippen LogP contribution in [0.4, 0.5) is 0 Å². The van der Waals surface area contributed by atoms with Crippen molar-refractivity contribution in [1.29, 1.82) is 0 Å². The summed E-state index contributed by atoms with van der Waals surface area (Å²) < 4.78 is 88.6. The molecule has 0 aliphatic carbocycles. The van der Waals surface area contributed by atoms with Crippen molar-refractivity contribution < 1.29 is 89.9 Å². The van der Waals surface area contributed by atoms with E-state index < -0.39 is 98.9 Å². The van der Waals surface area contributed by atoms with Crippen molar-refractivity contribution in [2.24, 2.45) is 11.8 Å². The van der Waals surface area contributed by atoms with Crippen LogP contribution in [0.1, 0.15) is 138 Å². The number of benzene rings is 3. The summed E-state index contributed by atoms with van der Waals surface area (Å²) in [7, 11) is -0.528. The average molecular weight is 1470 g/mol. The third-order valence-corrected chi connectivity index (χ3v) is 30.3. The van der Waals surface area contributed by atoms with Crippen LogP contribution in [0.5, 0.6) is 23.0 Å². The molecule has 2 aliphatic heterocycles. The number of rotatable bonds is 36. The number of hydrogen-bond acceptors (Lipinski definition) is 19. The molecule has 0 saturated carbocycles. The quantitative estimate of drug-likeness (QED) is 0.0189. The fraction of sp³-hybridized carbons (Fsp3) is 0.623. The lowest BCUT2D eigenvalue weighted by Gasteiger charge is -2.36. The van der Waals surface area contributed by atoms with E-state index in [-0.39, 0.29) is 46.8 Å². The van der Waals surface area contributed by atoms with Crippen LogP contribution in [0.2, 0.25) is 87.6 Å². The predicted molar refractivity (Wildman–Crippen MR) is 407 cm³/mol. The van der Waals surface area contributed by atoms with E-state index in [0.717, 1.165) is 12.1 Å². The Morgan fingerprint density at radius 3 is 1.34 bits per heavy atom. The van der Waals surface area contributed by atoms with Crippen molar-refractivity contribution >= 4 is 62.8 Å². The molecule has 19 nitrogen and oxygen atoms in total. The number of hydrogen-bond donors (Lipinski definition) is 1. The Bertz CT molecular complexity index is 3170. The Morgan fingerprint density at radius 2 is 0.950 bits per heavy atom. The Kier molecular flexibility index (Phi) is 33.5. The van der Waals surface area contributed by atoms with E-state index in [1.165, 1.54) is 14.2 Å². The lowest BCUT2D eigenvalue weighted by Crippen LogP contribution is -2.41. The highest BCUT2D eigenvalue weighted by Crippen LogP contribution is 2.41. The molecule has 2 heterocycles. The molecular formula is C77H124O19Si4. The minimum absolute atomic E-state index is 0.0397. The average Bonchev–Trinajstić information content (AvgIpc) is 1.30. The number of ether oxygens (including phenoxy) is 13. The third-order valence-electron chi connectivity index (χ3n) is 17.9. The Hall–Kier alpha value is -5.26. The number of methoxy groups -OCH3 is 4. The summed E-state index contributed by atoms with van der Waals surface area (Å²) in [5, 5.41) is 11.4. The van der Waals surface area contributed by atoms with Crippen LogP contribution < -0.4 is 18.9 Å². The van der Waals surface area contributed by atoms with Crippen LogP contribution in [0.25, 0.3) is 12.2 Å². The fourth-order valence-corrected chi connectivity index (χ4v) is 13.6. The first-order chi connectivity index (χ1) is 46.4. The van der Waals surface area contributed by atoms with Gasteiger partial charge in [-0.15, -0.1) is 0 Å². The largest absolute Gasteiger partial charge is 0.497 e. The molecule has 0 amide bonds. The highest BCUT2D eigenvalue weighted by atomic mass is 28.4. The van der Waals surface area contributed by atoms with Gasteiger partial charge in [0.15, 0.2) is 41.8 Å². The Morgan fingerprint density at radius 1 is 0.550 bits per heavy atom. The van der Waals surface area contributed by atoms with Gasteiger partial charge in [-0.3, -0.25) is 0 Å². The highest BCUT2D eigenvalue weighted by Gasteiger charge is 2.47. The zero-order valence-corrected chi connectivity index (χ0v) is 69.3. The van der Waals surface area contributed by atoms with Crippen molar-refractivity contribution in [3.63, 3.8) is 0 Å². The second-order valence-corrected chi connectivity index (χ2v) is 53.2. The molecule has 0 bridgehead atoms. The molecule has 2 saturated heterocycles. The van der Waals surface area contributed by atoms with Crippen LogP contribution in [0.3, 0.4) is 0 Å². The molecule has 2 aliphatic rings. The monoisotopic (exact) mass is 1460 g/mol. The molecule has 562 valence electrons. The van der Waals surface area contributed by atoms with E-state index in [4.69, 9.17) is 70.4 Å². The molecule has 100 heavy (non-hydrogen) atoms. The van der Waals surface area contributed by atoms with E-state index in [1.54, 1.807) is 68.8 Å². The van der Waals surface area contributed by atoms with Crippen molar-refractivity contribution in [3.05, 3.63) is 119 Å². The predicted octanol–water partition coefficient (Wildman–Crippen LogP) is 17.2. The minimum Gasteiger partial charge on any atom is -0.497 e. The molecule has 8 atom stereocenters. The molecule has 3 aromatic rings. The standard InChI is InChI=1S/C42H64O10Si2.C35H60O9Si2/c1-30(28-49-54(12,13)41(2,3)4)22-23-34(50-39(43)31-18-15-14-16-19-31)38-35(51-42(5,6)52-38)21-17-20-32-26-33(46-8)27-36(48-29-45-7)37(32)40(44)47-24-25-53(9,10)11;1-25(23-42-46(12,13)34(2,3)4)17-18-28(36)32-29(43-35(5,6)44-32)16-14-15-26-21-27(39-8)22-30(41-24-38-7)31(26)33(37)40-19-20-45(9,10)11/h14-20,22-23,26-27,30,34-35,38H,21,24-25,28-29H2,1-13H3;14-15,17-18,21-22,25,28-29,32,36H,16,19-20,23-24H2,1-13H3/b20-17+,23-22-;15-14+,18-17-/t30-,34?,35?,38?;25-,28?,29?,32?/m11/s1. The molecule has 0 radical (unpaired) electrons. The summed E-state index contributed by atoms with van der Waals surface area (Å²) in [5.74, 6) is -1.44. The molecule has 1 N–H and O–H groups in total. The zero-order chi connectivity index (χ0) is 75.2. The van der Waals surface area contributed by atoms with E-state index in [2.05, 4.69) is 121 Å². The highest BCUT2D eigenvalue weighted by molar-refractivity contribution is 6.76. The number of carbonyl (C=O) groups excluding carboxylic acids is 3. The maximum absolute atomic E-state index is 13.6. The van der Waals surface area contributed by atoms with Crippen molar-refractivity contribution in [2.75, 3.05) is 68.5 Å². The van der Waals surface area contributed by atoms with E-state index in [9.17, 15) is 19.5 Å². The van der Waals surface area contributed by atoms with Gasteiger partial charge < -0.3 is 75.5 Å². The SMILES string of the molecule is COCOc1cc(OC)cc(/C=C/CC2OC(C)(C)OC2C(/C=C\[C@@H](C)CO[Si](C)(C)C(C)(C)C)OC(=O)c2ccccc2)c1C(=O)OCC[Si](C)(C)C.COCOc1cc(OC)cc(/C=C/CC2OC(C)(C)OC2C(O)/C=C\[C@@H](C)CO[Si](C)(C)C(C)(C)C)c1C(=O)OCC[Si](C)(C)C. The summed E-state index contributed by atoms with van der Waals surface area (Å²) in [6, 6.07) is 17.4. The van der Waals surface area contributed by atoms with Gasteiger partial charge in [0.05, 0.1) is 45.2 Å². The van der Waals surface area contributed by atoms with Crippen LogP contribution in [0.15, 0.2) is 91.1 Å². The second kappa shape index (κ2) is 38.5. The van der Waals surface area contributed by atoms with Crippen molar-refractivity contribution in [1.82, 2.24) is 0 Å². The van der Waals surface area contributed by atoms with Gasteiger partial charge >= 0.3 is 17.9 Å². The van der Waals surface area contributed by atoms with Crippen LogP contribution in [-0.4, -0.2) is 172 Å². The van der Waals surface area contributed by atoms with Gasteiger partial charge in [-0.2, -0.15) is 0 Å². The summed E-state index contributed by atoms with van der Waals surface area (Å²) in [6.45, 7) is 48.9. The second-order valence-electron chi connectivity index (χ2n) is 32.3. The first-order valence-corrected chi connectivity index (χ1v) is 48.2. The maximum atomic E-state index is 13.6. The lowest BCUT2D eigenvalue weighted by molar-refractivity contribution is -0.153. The normalized spacial score (nSPS) is 19.5. The van der Waals surface area contributed by atoms with Crippen molar-refractivity contribution in [2.45, 2.75) is 232 Å². The number of esters is 3. The molecule has 6 unspecified atom stereocenters. The van der Waals surface area contributed by atoms with Crippen LogP contribution in [-0.2, 0) is 51.5 Å². The zero-order valence-electron chi connectivity index (χ0n) is 65.3. The van der Waals surface area contributed by atoms with Gasteiger partial charge in [-0.25, -0.2) is 14.4 Å². The molecule has 23 heteroatoms. The molecule has 0 aromatic heterocycles. The molecule has 2 fully saturated rings. The number of aliphatic hydroxyl groups is 1. The molecule has 3 aromatic carbocycles. The van der Waals surface area contributed by atoms with Crippen LogP contribution in [0, 0.1) is 11.8 Å². The molecule has 5 rings (SSSR count). The van der Waals surface area contributed by atoms with E-state index in [1.807, 2.05) is 76.3 Å². The fourth-order valence-electron chi connectivity index (χ4n) is 9.91. The maximum Gasteiger partial charge on any atom is 0.342 e. The number of aliphatic hydroxyl groups excluding tert-OH is 1. The van der Waals surface area contributed by atoms with Gasteiger partial charge in [-0.1, -0.05) is 155 Å². The minimum atomic E-state index is -1.96. The summed E-state index contributed by atoms with van der Waals surface area (Å²) in [6.07, 6.45) is 12.1. The van der Waals surface area contributed by atoms with Gasteiger partial charge in [0.2, 0.25) is 0 Å².